The molecule has 2 rings (SSSR count). The van der Waals surface area contributed by atoms with Crippen molar-refractivity contribution < 1.29 is 22.7 Å². The van der Waals surface area contributed by atoms with E-state index in [4.69, 9.17) is 0 Å². The Hall–Kier alpha value is -2.67. The summed E-state index contributed by atoms with van der Waals surface area (Å²) in [4.78, 5) is 11.9. The summed E-state index contributed by atoms with van der Waals surface area (Å²) in [6.07, 6.45) is 2.67. The second-order valence-electron chi connectivity index (χ2n) is 4.96. The molecule has 7 heteroatoms. The first kappa shape index (κ1) is 17.7. The number of halogens is 1. The molecule has 2 aromatic carbocycles. The number of aromatic hydroxyl groups is 1. The molecule has 126 valence electrons. The van der Waals surface area contributed by atoms with Crippen LogP contribution in [0.5, 0.6) is 5.75 Å². The molecule has 0 aliphatic rings. The highest BCUT2D eigenvalue weighted by atomic mass is 32.2. The van der Waals surface area contributed by atoms with E-state index in [9.17, 15) is 22.7 Å². The zero-order valence-electron chi connectivity index (χ0n) is 12.9. The number of phenolic OH excluding ortho intramolecular Hbond substituents is 1. The number of rotatable bonds is 5. The van der Waals surface area contributed by atoms with Crippen LogP contribution >= 0.6 is 0 Å². The number of phenols is 1. The Kier molecular flexibility index (Phi) is 5.35. The summed E-state index contributed by atoms with van der Waals surface area (Å²) >= 11 is 0. The number of carbonyl (C=O) groups excluding carboxylic acids is 1. The number of hydrogen-bond donors (Lipinski definition) is 2. The second-order valence-corrected chi connectivity index (χ2v) is 7.23. The van der Waals surface area contributed by atoms with Crippen LogP contribution in [0.3, 0.4) is 0 Å². The average Bonchev–Trinajstić information content (AvgIpc) is 2.56. The van der Waals surface area contributed by atoms with Gasteiger partial charge in [0.25, 0.3) is 0 Å². The molecule has 0 spiro atoms. The fraction of sp³-hybridized carbons (Fsp3) is 0.118. The largest absolute Gasteiger partial charge is 0.506 e. The van der Waals surface area contributed by atoms with E-state index >= 15 is 0 Å². The fourth-order valence-corrected chi connectivity index (χ4v) is 2.80. The lowest BCUT2D eigenvalue weighted by Crippen LogP contribution is -2.10. The van der Waals surface area contributed by atoms with E-state index in [1.54, 1.807) is 0 Å². The van der Waals surface area contributed by atoms with Gasteiger partial charge in [-0.15, -0.1) is 0 Å². The smallest absolute Gasteiger partial charge is 0.248 e. The predicted molar refractivity (Wildman–Crippen MR) is 89.9 cm³/mol. The molecule has 0 heterocycles. The van der Waals surface area contributed by atoms with E-state index in [1.807, 2.05) is 0 Å². The van der Waals surface area contributed by atoms with Crippen molar-refractivity contribution in [3.8, 4) is 5.75 Å². The first-order valence-electron chi connectivity index (χ1n) is 7.12. The molecule has 0 unspecified atom stereocenters. The van der Waals surface area contributed by atoms with Crippen LogP contribution in [0.2, 0.25) is 0 Å². The van der Waals surface area contributed by atoms with Gasteiger partial charge in [0.15, 0.2) is 9.84 Å². The van der Waals surface area contributed by atoms with Gasteiger partial charge in [-0.05, 0) is 42.0 Å². The number of carbonyl (C=O) groups is 1. The van der Waals surface area contributed by atoms with Gasteiger partial charge in [-0.25, -0.2) is 12.8 Å². The predicted octanol–water partition coefficient (Wildman–Crippen LogP) is 2.98. The highest BCUT2D eigenvalue weighted by molar-refractivity contribution is 7.91. The summed E-state index contributed by atoms with van der Waals surface area (Å²) in [5, 5.41) is 12.2. The van der Waals surface area contributed by atoms with Crippen molar-refractivity contribution in [2.24, 2.45) is 0 Å². The maximum atomic E-state index is 12.8. The van der Waals surface area contributed by atoms with Crippen molar-refractivity contribution in [1.82, 2.24) is 0 Å². The number of hydrogen-bond acceptors (Lipinski definition) is 4. The molecule has 24 heavy (non-hydrogen) atoms. The van der Waals surface area contributed by atoms with Crippen LogP contribution in [0.25, 0.3) is 6.08 Å². The van der Waals surface area contributed by atoms with E-state index in [0.29, 0.717) is 5.56 Å². The summed E-state index contributed by atoms with van der Waals surface area (Å²) in [6, 6.07) is 9.23. The van der Waals surface area contributed by atoms with Crippen molar-refractivity contribution in [3.63, 3.8) is 0 Å². The molecule has 0 saturated heterocycles. The molecule has 2 aromatic rings. The first-order valence-corrected chi connectivity index (χ1v) is 8.77. The maximum Gasteiger partial charge on any atom is 0.248 e. The summed E-state index contributed by atoms with van der Waals surface area (Å²) in [5.74, 6) is -1.26. The maximum absolute atomic E-state index is 12.8. The lowest BCUT2D eigenvalue weighted by atomic mass is 10.2. The van der Waals surface area contributed by atoms with Crippen LogP contribution in [0.15, 0.2) is 53.4 Å². The van der Waals surface area contributed by atoms with Gasteiger partial charge in [-0.3, -0.25) is 4.79 Å². The zero-order chi connectivity index (χ0) is 17.7. The highest BCUT2D eigenvalue weighted by Gasteiger charge is 2.14. The normalized spacial score (nSPS) is 11.6. The minimum Gasteiger partial charge on any atom is -0.506 e. The van der Waals surface area contributed by atoms with Crippen molar-refractivity contribution >= 4 is 27.5 Å². The lowest BCUT2D eigenvalue weighted by molar-refractivity contribution is -0.111. The molecule has 5 nitrogen and oxygen atoms in total. The van der Waals surface area contributed by atoms with Gasteiger partial charge in [0.05, 0.1) is 16.3 Å². The van der Waals surface area contributed by atoms with Crippen LogP contribution < -0.4 is 5.32 Å². The van der Waals surface area contributed by atoms with E-state index in [0.717, 1.165) is 0 Å². The van der Waals surface area contributed by atoms with E-state index in [1.165, 1.54) is 61.5 Å². The standard InChI is InChI=1S/C17H16FNO4S/c1-2-24(22,23)14-8-9-16(20)15(11-14)19-17(21)10-5-12-3-6-13(18)7-4-12/h3-11,20H,2H2,1H3,(H,19,21)/b10-5+. The third-order valence-corrected chi connectivity index (χ3v) is 4.99. The Labute approximate surface area is 139 Å². The Bertz CT molecular complexity index is 874. The lowest BCUT2D eigenvalue weighted by Gasteiger charge is -2.08. The monoisotopic (exact) mass is 349 g/mol. The van der Waals surface area contributed by atoms with Crippen LogP contribution in [0.1, 0.15) is 12.5 Å². The fourth-order valence-electron chi connectivity index (χ4n) is 1.90. The number of anilines is 1. The summed E-state index contributed by atoms with van der Waals surface area (Å²) < 4.78 is 36.5. The summed E-state index contributed by atoms with van der Waals surface area (Å²) in [7, 11) is -3.45. The van der Waals surface area contributed by atoms with Gasteiger partial charge in [0.1, 0.15) is 11.6 Å². The average molecular weight is 349 g/mol. The molecule has 0 bridgehead atoms. The van der Waals surface area contributed by atoms with Gasteiger partial charge >= 0.3 is 0 Å². The molecule has 0 aliphatic heterocycles. The van der Waals surface area contributed by atoms with Crippen LogP contribution in [0, 0.1) is 5.82 Å². The topological polar surface area (TPSA) is 83.5 Å². The van der Waals surface area contributed by atoms with Crippen molar-refractivity contribution in [1.29, 1.82) is 0 Å². The molecule has 0 fully saturated rings. The zero-order valence-corrected chi connectivity index (χ0v) is 13.7. The van der Waals surface area contributed by atoms with Crippen molar-refractivity contribution in [2.75, 3.05) is 11.1 Å². The van der Waals surface area contributed by atoms with Gasteiger partial charge < -0.3 is 10.4 Å². The number of benzene rings is 2. The molecule has 1 amide bonds. The summed E-state index contributed by atoms with van der Waals surface area (Å²) in [5.41, 5.74) is 0.622. The molecule has 0 aliphatic carbocycles. The minimum atomic E-state index is -3.45. The van der Waals surface area contributed by atoms with Gasteiger partial charge in [-0.2, -0.15) is 0 Å². The number of amides is 1. The molecule has 2 N–H and O–H groups in total. The highest BCUT2D eigenvalue weighted by Crippen LogP contribution is 2.27. The van der Waals surface area contributed by atoms with Gasteiger partial charge in [0.2, 0.25) is 5.91 Å². The summed E-state index contributed by atoms with van der Waals surface area (Å²) in [6.45, 7) is 1.51. The van der Waals surface area contributed by atoms with Gasteiger partial charge in [0, 0.05) is 6.08 Å². The van der Waals surface area contributed by atoms with E-state index in [-0.39, 0.29) is 27.9 Å². The SMILES string of the molecule is CCS(=O)(=O)c1ccc(O)c(NC(=O)/C=C/c2ccc(F)cc2)c1. The minimum absolute atomic E-state index is 0.00159. The Morgan fingerprint density at radius 3 is 2.50 bits per heavy atom. The van der Waals surface area contributed by atoms with Crippen LogP contribution in [0.4, 0.5) is 10.1 Å². The Morgan fingerprint density at radius 1 is 1.21 bits per heavy atom. The first-order chi connectivity index (χ1) is 11.3. The van der Waals surface area contributed by atoms with Gasteiger partial charge in [-0.1, -0.05) is 19.1 Å². The quantitative estimate of drug-likeness (QED) is 0.642. The third kappa shape index (κ3) is 4.42. The van der Waals surface area contributed by atoms with E-state index in [2.05, 4.69) is 5.32 Å². The molecule has 0 saturated carbocycles. The van der Waals surface area contributed by atoms with E-state index < -0.39 is 15.7 Å². The number of nitrogens with one attached hydrogen (secondary N) is 1. The van der Waals surface area contributed by atoms with Crippen LogP contribution in [-0.2, 0) is 14.6 Å². The molecule has 0 aromatic heterocycles. The van der Waals surface area contributed by atoms with Crippen LogP contribution in [-0.4, -0.2) is 25.2 Å². The third-order valence-electron chi connectivity index (χ3n) is 3.26. The Morgan fingerprint density at radius 2 is 1.88 bits per heavy atom. The molecule has 0 atom stereocenters. The molecular formula is C17H16FNO4S. The van der Waals surface area contributed by atoms with Crippen molar-refractivity contribution in [2.45, 2.75) is 11.8 Å². The molecular weight excluding hydrogens is 333 g/mol. The number of sulfone groups is 1. The second kappa shape index (κ2) is 7.27. The molecule has 0 radical (unpaired) electrons. The van der Waals surface area contributed by atoms with Crippen molar-refractivity contribution in [3.05, 3.63) is 59.9 Å². The Balaban J connectivity index is 2.16.